The molecule has 376 valence electrons. The number of aliphatic hydroxyl groups excluding tert-OH is 2. The zero-order valence-corrected chi connectivity index (χ0v) is 42.8. The van der Waals surface area contributed by atoms with Gasteiger partial charge >= 0.3 is 5.97 Å². The molecule has 0 aromatic heterocycles. The van der Waals surface area contributed by atoms with Gasteiger partial charge in [-0.2, -0.15) is 0 Å². The van der Waals surface area contributed by atoms with E-state index in [1.165, 1.54) is 186 Å². The van der Waals surface area contributed by atoms with Gasteiger partial charge in [-0.15, -0.1) is 0 Å². The minimum Gasteiger partial charge on any atom is -0.466 e. The fourth-order valence-corrected chi connectivity index (χ4v) is 8.57. The highest BCUT2D eigenvalue weighted by atomic mass is 16.5. The molecule has 64 heavy (non-hydrogen) atoms. The third-order valence-electron chi connectivity index (χ3n) is 12.9. The van der Waals surface area contributed by atoms with E-state index in [1.807, 2.05) is 0 Å². The van der Waals surface area contributed by atoms with Gasteiger partial charge in [0.05, 0.1) is 25.4 Å². The summed E-state index contributed by atoms with van der Waals surface area (Å²) < 4.78 is 5.46. The number of ether oxygens (including phenoxy) is 1. The molecule has 0 aliphatic heterocycles. The smallest absolute Gasteiger partial charge is 0.305 e. The van der Waals surface area contributed by atoms with Gasteiger partial charge in [-0.05, 0) is 83.5 Å². The third-order valence-corrected chi connectivity index (χ3v) is 12.9. The van der Waals surface area contributed by atoms with Crippen LogP contribution >= 0.6 is 0 Å². The molecule has 0 aromatic carbocycles. The van der Waals surface area contributed by atoms with Gasteiger partial charge < -0.3 is 20.3 Å². The average Bonchev–Trinajstić information content (AvgIpc) is 3.29. The lowest BCUT2D eigenvalue weighted by Crippen LogP contribution is -2.45. The van der Waals surface area contributed by atoms with Crippen LogP contribution in [0.15, 0.2) is 36.5 Å². The van der Waals surface area contributed by atoms with Crippen molar-refractivity contribution in [2.45, 2.75) is 309 Å². The SMILES string of the molecule is CCCCCCCC/C=C\CCCCCCCCCCCC(=O)OCCCCC/C=C\C=C/CCCCCCCCC(=O)NC(CO)C(O)CCCCCCCCCCCCCCC. The summed E-state index contributed by atoms with van der Waals surface area (Å²) in [7, 11) is 0. The second-order valence-electron chi connectivity index (χ2n) is 19.3. The lowest BCUT2D eigenvalue weighted by molar-refractivity contribution is -0.143. The first-order valence-electron chi connectivity index (χ1n) is 28.3. The number of nitrogens with one attached hydrogen (secondary N) is 1. The molecule has 0 aromatic rings. The highest BCUT2D eigenvalue weighted by Gasteiger charge is 2.20. The largest absolute Gasteiger partial charge is 0.466 e. The predicted octanol–water partition coefficient (Wildman–Crippen LogP) is 17.2. The van der Waals surface area contributed by atoms with E-state index in [4.69, 9.17) is 4.74 Å². The van der Waals surface area contributed by atoms with Crippen LogP contribution in [0.1, 0.15) is 296 Å². The Kier molecular flexibility index (Phi) is 52.1. The van der Waals surface area contributed by atoms with Gasteiger partial charge in [-0.1, -0.05) is 237 Å². The van der Waals surface area contributed by atoms with Crippen molar-refractivity contribution < 1.29 is 24.5 Å². The highest BCUT2D eigenvalue weighted by Crippen LogP contribution is 2.16. The molecule has 0 heterocycles. The van der Waals surface area contributed by atoms with E-state index in [1.54, 1.807) is 0 Å². The van der Waals surface area contributed by atoms with E-state index >= 15 is 0 Å². The number of allylic oxidation sites excluding steroid dienone is 6. The molecule has 0 bridgehead atoms. The normalized spacial score (nSPS) is 12.9. The molecule has 0 aliphatic carbocycles. The van der Waals surface area contributed by atoms with Crippen molar-refractivity contribution in [1.82, 2.24) is 5.32 Å². The summed E-state index contributed by atoms with van der Waals surface area (Å²) >= 11 is 0. The van der Waals surface area contributed by atoms with Crippen LogP contribution in [0.25, 0.3) is 0 Å². The lowest BCUT2D eigenvalue weighted by atomic mass is 10.0. The molecule has 2 unspecified atom stereocenters. The first kappa shape index (κ1) is 62.1. The van der Waals surface area contributed by atoms with Crippen LogP contribution < -0.4 is 5.32 Å². The maximum Gasteiger partial charge on any atom is 0.305 e. The fourth-order valence-electron chi connectivity index (χ4n) is 8.57. The number of unbranched alkanes of at least 4 members (excludes halogenated alkanes) is 36. The topological polar surface area (TPSA) is 95.9 Å². The number of carbonyl (C=O) groups is 2. The summed E-state index contributed by atoms with van der Waals surface area (Å²) in [5, 5.41) is 23.2. The van der Waals surface area contributed by atoms with Crippen molar-refractivity contribution in [2.24, 2.45) is 0 Å². The second-order valence-corrected chi connectivity index (χ2v) is 19.3. The Balaban J connectivity index is 3.49. The summed E-state index contributed by atoms with van der Waals surface area (Å²) in [6.07, 6.45) is 65.6. The van der Waals surface area contributed by atoms with Gasteiger partial charge in [0, 0.05) is 12.8 Å². The molecule has 0 rings (SSSR count). The van der Waals surface area contributed by atoms with E-state index in [2.05, 4.69) is 55.6 Å². The minimum absolute atomic E-state index is 0.0223. The van der Waals surface area contributed by atoms with Crippen LogP contribution in [0.2, 0.25) is 0 Å². The lowest BCUT2D eigenvalue weighted by Gasteiger charge is -2.22. The zero-order chi connectivity index (χ0) is 46.5. The number of esters is 1. The Morgan fingerprint density at radius 3 is 1.20 bits per heavy atom. The number of aliphatic hydroxyl groups is 2. The van der Waals surface area contributed by atoms with E-state index < -0.39 is 12.1 Å². The minimum atomic E-state index is -0.678. The van der Waals surface area contributed by atoms with Crippen LogP contribution in [0.3, 0.4) is 0 Å². The summed E-state index contributed by atoms with van der Waals surface area (Å²) in [6.45, 7) is 4.89. The van der Waals surface area contributed by atoms with Crippen molar-refractivity contribution in [3.8, 4) is 0 Å². The number of amides is 1. The van der Waals surface area contributed by atoms with E-state index in [0.29, 0.717) is 25.9 Å². The van der Waals surface area contributed by atoms with Gasteiger partial charge in [0.15, 0.2) is 0 Å². The zero-order valence-electron chi connectivity index (χ0n) is 42.8. The van der Waals surface area contributed by atoms with Crippen LogP contribution in [0.5, 0.6) is 0 Å². The summed E-state index contributed by atoms with van der Waals surface area (Å²) in [6, 6.07) is -0.558. The quantitative estimate of drug-likeness (QED) is 0.0245. The Labute approximate surface area is 398 Å². The van der Waals surface area contributed by atoms with Gasteiger partial charge in [0.1, 0.15) is 0 Å². The van der Waals surface area contributed by atoms with Crippen molar-refractivity contribution in [2.75, 3.05) is 13.2 Å². The molecular formula is C58H109NO5. The third kappa shape index (κ3) is 49.5. The van der Waals surface area contributed by atoms with Gasteiger partial charge in [-0.3, -0.25) is 9.59 Å². The second kappa shape index (κ2) is 53.7. The van der Waals surface area contributed by atoms with E-state index in [9.17, 15) is 19.8 Å². The monoisotopic (exact) mass is 900 g/mol. The number of rotatable bonds is 52. The number of hydrogen-bond acceptors (Lipinski definition) is 5. The van der Waals surface area contributed by atoms with Gasteiger partial charge in [-0.25, -0.2) is 0 Å². The van der Waals surface area contributed by atoms with Gasteiger partial charge in [0.25, 0.3) is 0 Å². The number of carbonyl (C=O) groups excluding carboxylic acids is 2. The molecule has 6 heteroatoms. The first-order valence-corrected chi connectivity index (χ1v) is 28.3. The molecule has 0 aliphatic rings. The maximum atomic E-state index is 12.4. The molecular weight excluding hydrogens is 791 g/mol. The maximum absolute atomic E-state index is 12.4. The Bertz CT molecular complexity index is 1040. The average molecular weight is 901 g/mol. The van der Waals surface area contributed by atoms with Crippen molar-refractivity contribution >= 4 is 11.9 Å². The Hall–Kier alpha value is -1.92. The summed E-state index contributed by atoms with van der Waals surface area (Å²) in [4.78, 5) is 24.5. The molecule has 0 fully saturated rings. The molecule has 6 nitrogen and oxygen atoms in total. The van der Waals surface area contributed by atoms with Crippen molar-refractivity contribution in [1.29, 1.82) is 0 Å². The molecule has 0 saturated heterocycles. The predicted molar refractivity (Wildman–Crippen MR) is 278 cm³/mol. The molecule has 2 atom stereocenters. The standard InChI is InChI=1S/C58H109NO5/c1-3-5-7-9-11-13-15-17-18-19-20-21-24-28-32-36-40-44-48-52-58(63)64-53-49-45-41-37-33-29-25-22-23-27-31-35-39-43-47-51-57(62)59-55(54-60)56(61)50-46-42-38-34-30-26-16-14-12-10-8-6-4-2/h17-18,22,25,29,33,55-56,60-61H,3-16,19-21,23-24,26-28,30-32,34-54H2,1-2H3,(H,59,62)/b18-17-,25-22-,33-29-. The molecule has 3 N–H and O–H groups in total. The Morgan fingerprint density at radius 1 is 0.438 bits per heavy atom. The van der Waals surface area contributed by atoms with Crippen LogP contribution in [-0.2, 0) is 14.3 Å². The first-order chi connectivity index (χ1) is 31.5. The summed E-state index contributed by atoms with van der Waals surface area (Å²) in [5.74, 6) is -0.0801. The molecule has 0 spiro atoms. The van der Waals surface area contributed by atoms with E-state index in [0.717, 1.165) is 77.0 Å². The Morgan fingerprint density at radius 2 is 0.781 bits per heavy atom. The van der Waals surface area contributed by atoms with E-state index in [-0.39, 0.29) is 18.5 Å². The van der Waals surface area contributed by atoms with Crippen molar-refractivity contribution in [3.63, 3.8) is 0 Å². The molecule has 1 amide bonds. The molecule has 0 saturated carbocycles. The molecule has 0 radical (unpaired) electrons. The van der Waals surface area contributed by atoms with Crippen molar-refractivity contribution in [3.05, 3.63) is 36.5 Å². The fraction of sp³-hybridized carbons (Fsp3) is 0.862. The summed E-state index contributed by atoms with van der Waals surface area (Å²) in [5.41, 5.74) is 0. The van der Waals surface area contributed by atoms with Crippen LogP contribution in [0.4, 0.5) is 0 Å². The highest BCUT2D eigenvalue weighted by molar-refractivity contribution is 5.76. The van der Waals surface area contributed by atoms with Crippen LogP contribution in [-0.4, -0.2) is 47.4 Å². The van der Waals surface area contributed by atoms with Gasteiger partial charge in [0.2, 0.25) is 5.91 Å². The van der Waals surface area contributed by atoms with Crippen LogP contribution in [0, 0.1) is 0 Å². The number of hydrogen-bond donors (Lipinski definition) is 3.